The van der Waals surface area contributed by atoms with E-state index in [0.717, 1.165) is 22.6 Å². The molecule has 0 aliphatic carbocycles. The van der Waals surface area contributed by atoms with Gasteiger partial charge in [-0.05, 0) is 61.0 Å². The highest BCUT2D eigenvalue weighted by Crippen LogP contribution is 2.34. The van der Waals surface area contributed by atoms with Crippen LogP contribution in [0.25, 0.3) is 22.7 Å². The van der Waals surface area contributed by atoms with Crippen LogP contribution in [0.3, 0.4) is 0 Å². The molecule has 0 unspecified atom stereocenters. The highest BCUT2D eigenvalue weighted by Gasteiger charge is 2.19. The first kappa shape index (κ1) is 22.7. The van der Waals surface area contributed by atoms with E-state index in [1.54, 1.807) is 30.9 Å². The Morgan fingerprint density at radius 1 is 0.943 bits per heavy atom. The van der Waals surface area contributed by atoms with Gasteiger partial charge in [-0.15, -0.1) is 10.2 Å². The van der Waals surface area contributed by atoms with Crippen LogP contribution in [0.2, 0.25) is 0 Å². The second kappa shape index (κ2) is 9.63. The summed E-state index contributed by atoms with van der Waals surface area (Å²) < 4.78 is 14.4. The quantitative estimate of drug-likeness (QED) is 0.313. The van der Waals surface area contributed by atoms with Gasteiger partial charge in [-0.3, -0.25) is 13.8 Å². The summed E-state index contributed by atoms with van der Waals surface area (Å²) in [6.45, 7) is 1.98. The Kier molecular flexibility index (Phi) is 6.24. The topological polar surface area (TPSA) is 83.5 Å². The molecule has 0 saturated carbocycles. The minimum absolute atomic E-state index is 0.114. The lowest BCUT2D eigenvalue weighted by molar-refractivity contribution is 0.414. The SMILES string of the molecule is COc1ccc(-n2c(SCc3cc(=O)n4ccc(C)cc4n3)nnc2-c2ccccc2OC)cc1. The van der Waals surface area contributed by atoms with Gasteiger partial charge in [0.25, 0.3) is 5.56 Å². The smallest absolute Gasteiger partial charge is 0.258 e. The molecular weight excluding hydrogens is 462 g/mol. The molecule has 0 N–H and O–H groups in total. The summed E-state index contributed by atoms with van der Waals surface area (Å²) in [5.41, 5.74) is 3.93. The second-order valence-electron chi connectivity index (χ2n) is 7.85. The van der Waals surface area contributed by atoms with Crippen LogP contribution >= 0.6 is 11.8 Å². The third-order valence-electron chi connectivity index (χ3n) is 5.54. The Morgan fingerprint density at radius 3 is 2.51 bits per heavy atom. The van der Waals surface area contributed by atoms with E-state index in [1.165, 1.54) is 11.8 Å². The zero-order valence-corrected chi connectivity index (χ0v) is 20.3. The van der Waals surface area contributed by atoms with Crippen molar-refractivity contribution in [3.8, 4) is 28.6 Å². The van der Waals surface area contributed by atoms with Crippen molar-refractivity contribution in [1.82, 2.24) is 24.1 Å². The van der Waals surface area contributed by atoms with Gasteiger partial charge in [-0.25, -0.2) is 4.98 Å². The Hall–Kier alpha value is -4.11. The fraction of sp³-hybridized carbons (Fsp3) is 0.154. The molecule has 5 rings (SSSR count). The standard InChI is InChI=1S/C26H23N5O3S/c1-17-12-13-30-23(14-17)27-18(15-24(30)32)16-35-26-29-28-25(21-6-4-5-7-22(21)34-3)31(26)19-8-10-20(33-2)11-9-19/h4-15H,16H2,1-3H3. The van der Waals surface area contributed by atoms with Crippen LogP contribution in [-0.2, 0) is 5.75 Å². The van der Waals surface area contributed by atoms with Crippen LogP contribution in [0.15, 0.2) is 82.9 Å². The van der Waals surface area contributed by atoms with E-state index in [-0.39, 0.29) is 5.56 Å². The van der Waals surface area contributed by atoms with E-state index in [2.05, 4.69) is 15.2 Å². The number of methoxy groups -OCH3 is 2. The van der Waals surface area contributed by atoms with Crippen LogP contribution < -0.4 is 15.0 Å². The summed E-state index contributed by atoms with van der Waals surface area (Å²) in [4.78, 5) is 17.3. The van der Waals surface area contributed by atoms with Crippen molar-refractivity contribution in [2.75, 3.05) is 14.2 Å². The largest absolute Gasteiger partial charge is 0.497 e. The average molecular weight is 486 g/mol. The lowest BCUT2D eigenvalue weighted by atomic mass is 10.2. The van der Waals surface area contributed by atoms with Gasteiger partial charge in [0.2, 0.25) is 0 Å². The summed E-state index contributed by atoms with van der Waals surface area (Å²) >= 11 is 1.46. The normalized spacial score (nSPS) is 11.1. The summed E-state index contributed by atoms with van der Waals surface area (Å²) in [5.74, 6) is 2.56. The highest BCUT2D eigenvalue weighted by atomic mass is 32.2. The summed E-state index contributed by atoms with van der Waals surface area (Å²) in [5, 5.41) is 9.65. The van der Waals surface area contributed by atoms with Gasteiger partial charge in [-0.2, -0.15) is 0 Å². The van der Waals surface area contributed by atoms with E-state index in [4.69, 9.17) is 9.47 Å². The third-order valence-corrected chi connectivity index (χ3v) is 6.50. The molecule has 0 aliphatic heterocycles. The maximum atomic E-state index is 12.6. The Bertz CT molecular complexity index is 1560. The van der Waals surface area contributed by atoms with Crippen LogP contribution in [-0.4, -0.2) is 38.4 Å². The van der Waals surface area contributed by atoms with Crippen molar-refractivity contribution in [2.45, 2.75) is 17.8 Å². The predicted molar refractivity (Wildman–Crippen MR) is 136 cm³/mol. The molecule has 3 heterocycles. The van der Waals surface area contributed by atoms with Gasteiger partial charge >= 0.3 is 0 Å². The fourth-order valence-electron chi connectivity index (χ4n) is 3.80. The van der Waals surface area contributed by atoms with Gasteiger partial charge in [0.05, 0.1) is 31.2 Å². The molecule has 2 aromatic carbocycles. The number of fused-ring (bicyclic) bond motifs is 1. The Labute approximate surface area is 206 Å². The summed E-state index contributed by atoms with van der Waals surface area (Å²) in [6.07, 6.45) is 1.75. The molecule has 0 amide bonds. The summed E-state index contributed by atoms with van der Waals surface area (Å²) in [6, 6.07) is 20.7. The lowest BCUT2D eigenvalue weighted by Crippen LogP contribution is -2.15. The molecular formula is C26H23N5O3S. The van der Waals surface area contributed by atoms with Crippen molar-refractivity contribution in [1.29, 1.82) is 0 Å². The molecule has 5 aromatic rings. The van der Waals surface area contributed by atoms with Crippen molar-refractivity contribution in [2.24, 2.45) is 0 Å². The summed E-state index contributed by atoms with van der Waals surface area (Å²) in [7, 11) is 3.27. The predicted octanol–water partition coefficient (Wildman–Crippen LogP) is 4.56. The molecule has 0 saturated heterocycles. The van der Waals surface area contributed by atoms with Crippen LogP contribution in [0.5, 0.6) is 11.5 Å². The third kappa shape index (κ3) is 4.50. The maximum Gasteiger partial charge on any atom is 0.258 e. The monoisotopic (exact) mass is 485 g/mol. The van der Waals surface area contributed by atoms with Crippen LogP contribution in [0, 0.1) is 6.92 Å². The van der Waals surface area contributed by atoms with Crippen molar-refractivity contribution in [3.63, 3.8) is 0 Å². The molecule has 3 aromatic heterocycles. The number of hydrogen-bond acceptors (Lipinski definition) is 7. The molecule has 0 fully saturated rings. The highest BCUT2D eigenvalue weighted by molar-refractivity contribution is 7.98. The molecule has 0 atom stereocenters. The van der Waals surface area contributed by atoms with Gasteiger partial charge in [0.1, 0.15) is 17.1 Å². The van der Waals surface area contributed by atoms with E-state index in [1.807, 2.05) is 72.2 Å². The first-order valence-corrected chi connectivity index (χ1v) is 11.9. The number of pyridine rings is 1. The number of aromatic nitrogens is 5. The number of thioether (sulfide) groups is 1. The fourth-order valence-corrected chi connectivity index (χ4v) is 4.64. The number of ether oxygens (including phenoxy) is 2. The molecule has 0 aliphatic rings. The number of aryl methyl sites for hydroxylation is 1. The minimum Gasteiger partial charge on any atom is -0.497 e. The molecule has 0 radical (unpaired) electrons. The van der Waals surface area contributed by atoms with Crippen molar-refractivity contribution < 1.29 is 9.47 Å². The Morgan fingerprint density at radius 2 is 1.74 bits per heavy atom. The number of hydrogen-bond donors (Lipinski definition) is 0. The molecule has 35 heavy (non-hydrogen) atoms. The second-order valence-corrected chi connectivity index (χ2v) is 8.79. The zero-order valence-electron chi connectivity index (χ0n) is 19.5. The van der Waals surface area contributed by atoms with Gasteiger partial charge in [-0.1, -0.05) is 23.9 Å². The lowest BCUT2D eigenvalue weighted by Gasteiger charge is -2.13. The maximum absolute atomic E-state index is 12.6. The Balaban J connectivity index is 1.55. The van der Waals surface area contributed by atoms with Gasteiger partial charge < -0.3 is 9.47 Å². The number of para-hydroxylation sites is 1. The van der Waals surface area contributed by atoms with E-state index in [9.17, 15) is 4.79 Å². The molecule has 0 bridgehead atoms. The van der Waals surface area contributed by atoms with E-state index in [0.29, 0.717) is 33.8 Å². The van der Waals surface area contributed by atoms with Gasteiger partial charge in [0, 0.05) is 18.0 Å². The molecule has 9 heteroatoms. The number of rotatable bonds is 7. The number of benzene rings is 2. The van der Waals surface area contributed by atoms with Crippen molar-refractivity contribution >= 4 is 17.4 Å². The molecule has 0 spiro atoms. The molecule has 8 nitrogen and oxygen atoms in total. The average Bonchev–Trinajstić information content (AvgIpc) is 3.31. The number of nitrogens with zero attached hydrogens (tertiary/aromatic N) is 5. The van der Waals surface area contributed by atoms with Gasteiger partial charge in [0.15, 0.2) is 11.0 Å². The van der Waals surface area contributed by atoms with E-state index >= 15 is 0 Å². The first-order chi connectivity index (χ1) is 17.1. The van der Waals surface area contributed by atoms with E-state index < -0.39 is 0 Å². The zero-order chi connectivity index (χ0) is 24.4. The van der Waals surface area contributed by atoms with Crippen molar-refractivity contribution in [3.05, 3.63) is 94.5 Å². The minimum atomic E-state index is -0.114. The molecule has 176 valence electrons. The van der Waals surface area contributed by atoms with Crippen LogP contribution in [0.1, 0.15) is 11.3 Å². The van der Waals surface area contributed by atoms with Crippen LogP contribution in [0.4, 0.5) is 0 Å². The first-order valence-electron chi connectivity index (χ1n) is 10.9.